The first-order valence-corrected chi connectivity index (χ1v) is 8.78. The van der Waals surface area contributed by atoms with E-state index in [1.165, 1.54) is 12.1 Å². The fourth-order valence-electron chi connectivity index (χ4n) is 3.12. The van der Waals surface area contributed by atoms with E-state index < -0.39 is 10.6 Å². The highest BCUT2D eigenvalue weighted by molar-refractivity contribution is 5.68. The average molecular weight is 372 g/mol. The van der Waals surface area contributed by atoms with Gasteiger partial charge in [-0.2, -0.15) is 0 Å². The molecule has 0 aliphatic carbocycles. The first-order valence-electron chi connectivity index (χ1n) is 8.78. The molecule has 1 heterocycles. The van der Waals surface area contributed by atoms with Gasteiger partial charge >= 0.3 is 0 Å². The molecule has 2 aromatic carbocycles. The number of anilines is 2. The maximum atomic E-state index is 10.8. The van der Waals surface area contributed by atoms with Gasteiger partial charge in [0.2, 0.25) is 0 Å². The number of hydrogen-bond donors (Lipinski definition) is 3. The first-order chi connectivity index (χ1) is 13.0. The number of non-ortho nitro benzene ring substituents is 1. The Kier molecular flexibility index (Phi) is 5.36. The van der Waals surface area contributed by atoms with E-state index in [0.717, 1.165) is 35.5 Å². The summed E-state index contributed by atoms with van der Waals surface area (Å²) in [5.74, 6) is 1.37. The fraction of sp³-hybridized carbons (Fsp3) is 0.368. The highest BCUT2D eigenvalue weighted by Crippen LogP contribution is 2.40. The zero-order valence-electron chi connectivity index (χ0n) is 15.7. The van der Waals surface area contributed by atoms with Crippen molar-refractivity contribution in [2.75, 3.05) is 38.4 Å². The molecule has 0 aromatic heterocycles. The molecule has 0 radical (unpaired) electrons. The summed E-state index contributed by atoms with van der Waals surface area (Å²) in [6.45, 7) is 0.275. The van der Waals surface area contributed by atoms with Crippen LogP contribution in [-0.2, 0) is 6.42 Å². The molecule has 0 amide bonds. The number of benzene rings is 2. The second-order valence-corrected chi connectivity index (χ2v) is 6.40. The predicted molar refractivity (Wildman–Crippen MR) is 105 cm³/mol. The molecule has 0 spiro atoms. The Balaban J connectivity index is 1.77. The van der Waals surface area contributed by atoms with Crippen molar-refractivity contribution >= 4 is 17.1 Å². The van der Waals surface area contributed by atoms with E-state index in [9.17, 15) is 10.1 Å². The summed E-state index contributed by atoms with van der Waals surface area (Å²) in [4.78, 5) is 10.3. The van der Waals surface area contributed by atoms with E-state index >= 15 is 0 Å². The SMILES string of the molecule is CNc1cc2c(c(NC)c1)OC(COc1ccc([N+](=O)[O-])cc1)(NC)CC2. The van der Waals surface area contributed by atoms with E-state index in [0.29, 0.717) is 5.75 Å². The third kappa shape index (κ3) is 3.90. The summed E-state index contributed by atoms with van der Waals surface area (Å²) in [5, 5.41) is 20.3. The van der Waals surface area contributed by atoms with Crippen molar-refractivity contribution in [1.82, 2.24) is 5.32 Å². The number of ether oxygens (including phenoxy) is 2. The minimum absolute atomic E-state index is 0.0347. The van der Waals surface area contributed by atoms with E-state index in [1.54, 1.807) is 12.1 Å². The highest BCUT2D eigenvalue weighted by Gasteiger charge is 2.37. The Bertz CT molecular complexity index is 808. The molecular weight excluding hydrogens is 348 g/mol. The molecule has 1 aliphatic heterocycles. The van der Waals surface area contributed by atoms with Gasteiger partial charge in [-0.05, 0) is 43.3 Å². The van der Waals surface area contributed by atoms with Crippen molar-refractivity contribution < 1.29 is 14.4 Å². The largest absolute Gasteiger partial charge is 0.488 e. The van der Waals surface area contributed by atoms with Gasteiger partial charge in [0.25, 0.3) is 5.69 Å². The summed E-state index contributed by atoms with van der Waals surface area (Å²) in [6, 6.07) is 10.1. The van der Waals surface area contributed by atoms with Crippen LogP contribution in [0.3, 0.4) is 0 Å². The van der Waals surface area contributed by atoms with Crippen LogP contribution >= 0.6 is 0 Å². The van der Waals surface area contributed by atoms with Gasteiger partial charge in [-0.25, -0.2) is 0 Å². The number of nitrogens with one attached hydrogen (secondary N) is 3. The van der Waals surface area contributed by atoms with E-state index in [1.807, 2.05) is 27.2 Å². The van der Waals surface area contributed by atoms with Gasteiger partial charge in [0.15, 0.2) is 5.72 Å². The standard InChI is InChI=1S/C19H24N4O4/c1-20-14-10-13-8-9-19(22-3,27-18(13)17(11-14)21-2)12-26-16-6-4-15(5-7-16)23(24)25/h4-7,10-11,20-22H,8-9,12H2,1-3H3. The van der Waals surface area contributed by atoms with Crippen molar-refractivity contribution in [2.24, 2.45) is 0 Å². The normalized spacial score (nSPS) is 18.2. The van der Waals surface area contributed by atoms with Crippen molar-refractivity contribution in [3.05, 3.63) is 52.1 Å². The number of nitrogens with zero attached hydrogens (tertiary/aromatic N) is 1. The fourth-order valence-corrected chi connectivity index (χ4v) is 3.12. The molecule has 0 saturated heterocycles. The van der Waals surface area contributed by atoms with Crippen LogP contribution in [0.4, 0.5) is 17.1 Å². The molecule has 8 heteroatoms. The molecule has 1 atom stereocenters. The minimum Gasteiger partial charge on any atom is -0.488 e. The molecule has 3 rings (SSSR count). The van der Waals surface area contributed by atoms with Crippen LogP contribution in [0.25, 0.3) is 0 Å². The molecule has 0 bridgehead atoms. The monoisotopic (exact) mass is 372 g/mol. The quantitative estimate of drug-likeness (QED) is 0.508. The van der Waals surface area contributed by atoms with Crippen LogP contribution in [0.1, 0.15) is 12.0 Å². The lowest BCUT2D eigenvalue weighted by molar-refractivity contribution is -0.384. The van der Waals surface area contributed by atoms with Gasteiger partial charge in [0, 0.05) is 38.3 Å². The number of fused-ring (bicyclic) bond motifs is 1. The molecule has 27 heavy (non-hydrogen) atoms. The number of aryl methyl sites for hydroxylation is 1. The summed E-state index contributed by atoms with van der Waals surface area (Å²) >= 11 is 0. The minimum atomic E-state index is -0.679. The molecular formula is C19H24N4O4. The topological polar surface area (TPSA) is 97.7 Å². The van der Waals surface area contributed by atoms with E-state index in [4.69, 9.17) is 9.47 Å². The van der Waals surface area contributed by atoms with Crippen LogP contribution in [0.5, 0.6) is 11.5 Å². The van der Waals surface area contributed by atoms with E-state index in [-0.39, 0.29) is 12.3 Å². The van der Waals surface area contributed by atoms with Crippen LogP contribution in [0.2, 0.25) is 0 Å². The Labute approximate surface area is 158 Å². The van der Waals surface area contributed by atoms with E-state index in [2.05, 4.69) is 22.0 Å². The first kappa shape index (κ1) is 18.8. The van der Waals surface area contributed by atoms with Gasteiger partial charge in [-0.3, -0.25) is 15.4 Å². The van der Waals surface area contributed by atoms with Gasteiger partial charge in [0.1, 0.15) is 18.1 Å². The van der Waals surface area contributed by atoms with Crippen LogP contribution in [0, 0.1) is 10.1 Å². The molecule has 1 unspecified atom stereocenters. The Morgan fingerprint density at radius 1 is 1.19 bits per heavy atom. The second kappa shape index (κ2) is 7.71. The van der Waals surface area contributed by atoms with Crippen LogP contribution < -0.4 is 25.4 Å². The summed E-state index contributed by atoms with van der Waals surface area (Å²) in [5.41, 5.74) is 2.42. The molecule has 144 valence electrons. The zero-order chi connectivity index (χ0) is 19.4. The summed E-state index contributed by atoms with van der Waals surface area (Å²) < 4.78 is 12.2. The van der Waals surface area contributed by atoms with Gasteiger partial charge in [-0.15, -0.1) is 0 Å². The lowest BCUT2D eigenvalue weighted by Crippen LogP contribution is -2.55. The number of nitro benzene ring substituents is 1. The smallest absolute Gasteiger partial charge is 0.269 e. The van der Waals surface area contributed by atoms with Gasteiger partial charge in [0.05, 0.1) is 10.6 Å². The number of likely N-dealkylation sites (N-methyl/N-ethyl adjacent to an activating group) is 1. The van der Waals surface area contributed by atoms with Crippen molar-refractivity contribution in [1.29, 1.82) is 0 Å². The third-order valence-electron chi connectivity index (χ3n) is 4.79. The Morgan fingerprint density at radius 3 is 2.52 bits per heavy atom. The second-order valence-electron chi connectivity index (χ2n) is 6.40. The number of nitro groups is 1. The number of hydrogen-bond acceptors (Lipinski definition) is 7. The third-order valence-corrected chi connectivity index (χ3v) is 4.79. The lowest BCUT2D eigenvalue weighted by atomic mass is 9.96. The van der Waals surface area contributed by atoms with Crippen molar-refractivity contribution in [3.8, 4) is 11.5 Å². The Hall–Kier alpha value is -3.00. The molecule has 0 fully saturated rings. The van der Waals surface area contributed by atoms with Gasteiger partial charge < -0.3 is 20.1 Å². The molecule has 1 aliphatic rings. The van der Waals surface area contributed by atoms with Crippen LogP contribution in [0.15, 0.2) is 36.4 Å². The molecule has 3 N–H and O–H groups in total. The maximum absolute atomic E-state index is 10.8. The van der Waals surface area contributed by atoms with Crippen molar-refractivity contribution in [2.45, 2.75) is 18.6 Å². The number of rotatable bonds is 7. The molecule has 8 nitrogen and oxygen atoms in total. The lowest BCUT2D eigenvalue weighted by Gasteiger charge is -2.39. The van der Waals surface area contributed by atoms with Gasteiger partial charge in [-0.1, -0.05) is 0 Å². The summed E-state index contributed by atoms with van der Waals surface area (Å²) in [7, 11) is 5.59. The Morgan fingerprint density at radius 2 is 1.93 bits per heavy atom. The predicted octanol–water partition coefficient (Wildman–Crippen LogP) is 3.00. The zero-order valence-corrected chi connectivity index (χ0v) is 15.7. The maximum Gasteiger partial charge on any atom is 0.269 e. The van der Waals surface area contributed by atoms with Crippen molar-refractivity contribution in [3.63, 3.8) is 0 Å². The molecule has 0 saturated carbocycles. The van der Waals surface area contributed by atoms with Crippen LogP contribution in [-0.4, -0.2) is 38.4 Å². The summed E-state index contributed by atoms with van der Waals surface area (Å²) in [6.07, 6.45) is 1.57. The average Bonchev–Trinajstić information content (AvgIpc) is 2.71. The highest BCUT2D eigenvalue weighted by atomic mass is 16.6. The molecule has 2 aromatic rings.